The fourth-order valence-electron chi connectivity index (χ4n) is 5.19. The summed E-state index contributed by atoms with van der Waals surface area (Å²) in [5, 5.41) is 26.5. The molecule has 2 aromatic carbocycles. The SMILES string of the molecule is CCCC(NC(=O)C(C)(Cc1c[nH]c2ccccc12)NC(=O)OC(C)(C)C(Cl)(Cl)Cl)(C(=O)O)C(CC(=O)O)c1ccccc1. The van der Waals surface area contributed by atoms with E-state index in [4.69, 9.17) is 39.5 Å². The summed E-state index contributed by atoms with van der Waals surface area (Å²) in [5.74, 6) is -4.70. The summed E-state index contributed by atoms with van der Waals surface area (Å²) in [6, 6.07) is 15.6. The number of carbonyl (C=O) groups excluding carboxylic acids is 2. The molecule has 1 heterocycles. The second-order valence-electron chi connectivity index (χ2n) is 11.4. The highest BCUT2D eigenvalue weighted by Crippen LogP contribution is 2.41. The van der Waals surface area contributed by atoms with Crippen molar-refractivity contribution in [2.75, 3.05) is 0 Å². The van der Waals surface area contributed by atoms with Crippen LogP contribution in [-0.2, 0) is 25.5 Å². The van der Waals surface area contributed by atoms with Gasteiger partial charge >= 0.3 is 18.0 Å². The second-order valence-corrected chi connectivity index (χ2v) is 13.7. The molecular weight excluding hydrogens is 633 g/mol. The average Bonchev–Trinajstić information content (AvgIpc) is 3.33. The molecule has 0 aliphatic carbocycles. The zero-order valence-electron chi connectivity index (χ0n) is 24.7. The van der Waals surface area contributed by atoms with Crippen molar-refractivity contribution in [3.8, 4) is 0 Å². The third kappa shape index (κ3) is 7.78. The molecule has 13 heteroatoms. The Morgan fingerprint density at radius 2 is 1.55 bits per heavy atom. The van der Waals surface area contributed by atoms with E-state index in [-0.39, 0.29) is 12.8 Å². The van der Waals surface area contributed by atoms with E-state index >= 15 is 0 Å². The Kier molecular flexibility index (Phi) is 10.9. The maximum Gasteiger partial charge on any atom is 0.408 e. The molecule has 3 aromatic rings. The van der Waals surface area contributed by atoms with Crippen LogP contribution >= 0.6 is 34.8 Å². The third-order valence-corrected chi connectivity index (χ3v) is 9.03. The molecule has 1 aromatic heterocycles. The fraction of sp³-hybridized carbons (Fsp3) is 0.419. The number of halogens is 3. The molecule has 0 fully saturated rings. The van der Waals surface area contributed by atoms with E-state index in [0.717, 1.165) is 10.9 Å². The van der Waals surface area contributed by atoms with Gasteiger partial charge in [0.1, 0.15) is 11.1 Å². The molecule has 2 amide bonds. The number of para-hydroxylation sites is 1. The number of amides is 2. The number of carboxylic acids is 2. The molecule has 0 aliphatic heterocycles. The summed E-state index contributed by atoms with van der Waals surface area (Å²) in [4.78, 5) is 55.9. The number of aliphatic carboxylic acids is 2. The van der Waals surface area contributed by atoms with Crippen molar-refractivity contribution < 1.29 is 34.1 Å². The van der Waals surface area contributed by atoms with Gasteiger partial charge in [-0.05, 0) is 44.4 Å². The Bertz CT molecular complexity index is 1510. The van der Waals surface area contributed by atoms with Crippen LogP contribution in [0.15, 0.2) is 60.8 Å². The summed E-state index contributed by atoms with van der Waals surface area (Å²) in [5.41, 5.74) is -3.67. The van der Waals surface area contributed by atoms with E-state index in [0.29, 0.717) is 17.5 Å². The van der Waals surface area contributed by atoms with Crippen LogP contribution in [0.4, 0.5) is 4.79 Å². The quantitative estimate of drug-likeness (QED) is 0.133. The minimum absolute atomic E-state index is 0.102. The van der Waals surface area contributed by atoms with E-state index in [1.807, 2.05) is 24.3 Å². The lowest BCUT2D eigenvalue weighted by atomic mass is 9.73. The number of benzene rings is 2. The first kappa shape index (κ1) is 35.0. The van der Waals surface area contributed by atoms with E-state index in [2.05, 4.69) is 15.6 Å². The molecule has 0 saturated heterocycles. The number of nitrogens with one attached hydrogen (secondary N) is 3. The molecule has 3 rings (SSSR count). The van der Waals surface area contributed by atoms with Crippen molar-refractivity contribution in [1.82, 2.24) is 15.6 Å². The fourth-order valence-corrected chi connectivity index (χ4v) is 5.30. The lowest BCUT2D eigenvalue weighted by Crippen LogP contribution is -2.67. The van der Waals surface area contributed by atoms with E-state index in [1.165, 1.54) is 20.8 Å². The molecule has 10 nitrogen and oxygen atoms in total. The lowest BCUT2D eigenvalue weighted by molar-refractivity contribution is -0.151. The molecule has 0 saturated carbocycles. The highest BCUT2D eigenvalue weighted by molar-refractivity contribution is 6.68. The van der Waals surface area contributed by atoms with Gasteiger partial charge in [-0.2, -0.15) is 0 Å². The van der Waals surface area contributed by atoms with Crippen molar-refractivity contribution >= 4 is 69.6 Å². The van der Waals surface area contributed by atoms with E-state index in [1.54, 1.807) is 43.5 Å². The van der Waals surface area contributed by atoms with Crippen LogP contribution in [0.5, 0.6) is 0 Å². The second kappa shape index (κ2) is 13.7. The number of hydrogen-bond acceptors (Lipinski definition) is 5. The Labute approximate surface area is 270 Å². The number of fused-ring (bicyclic) bond motifs is 1. The minimum Gasteiger partial charge on any atom is -0.481 e. The Morgan fingerprint density at radius 3 is 2.11 bits per heavy atom. The first-order valence-electron chi connectivity index (χ1n) is 13.9. The van der Waals surface area contributed by atoms with Gasteiger partial charge in [-0.3, -0.25) is 9.59 Å². The third-order valence-electron chi connectivity index (χ3n) is 7.67. The van der Waals surface area contributed by atoms with Crippen LogP contribution in [0.3, 0.4) is 0 Å². The number of ether oxygens (including phenoxy) is 1. The summed E-state index contributed by atoms with van der Waals surface area (Å²) >= 11 is 18.0. The van der Waals surface area contributed by atoms with Gasteiger partial charge in [-0.1, -0.05) is 96.7 Å². The van der Waals surface area contributed by atoms with Crippen molar-refractivity contribution in [2.45, 2.75) is 79.8 Å². The number of H-pyrrole nitrogens is 1. The molecule has 238 valence electrons. The van der Waals surface area contributed by atoms with E-state index < -0.39 is 56.7 Å². The minimum atomic E-state index is -2.06. The van der Waals surface area contributed by atoms with Gasteiger partial charge in [0.2, 0.25) is 9.70 Å². The number of rotatable bonds is 13. The highest BCUT2D eigenvalue weighted by Gasteiger charge is 2.51. The Hall–Kier alpha value is -3.47. The monoisotopic (exact) mass is 667 g/mol. The first-order chi connectivity index (χ1) is 20.5. The maximum absolute atomic E-state index is 14.4. The van der Waals surface area contributed by atoms with Crippen LogP contribution in [0.2, 0.25) is 0 Å². The number of alkyl carbamates (subject to hydrolysis) is 1. The number of aromatic amines is 1. The van der Waals surface area contributed by atoms with Gasteiger partial charge in [0.15, 0.2) is 5.60 Å². The van der Waals surface area contributed by atoms with E-state index in [9.17, 15) is 29.4 Å². The van der Waals surface area contributed by atoms with Crippen LogP contribution in [0, 0.1) is 0 Å². The normalized spacial score (nSPS) is 15.4. The maximum atomic E-state index is 14.4. The standard InChI is InChI=1S/C31H36Cl3N3O7/c1-5-15-30(26(41)42,22(16-24(38)39)19-11-7-6-8-12-19)36-25(40)29(4,37-27(43)44-28(2,3)31(32,33)34)17-20-18-35-23-14-10-9-13-21(20)23/h6-14,18,22,35H,5,15-17H2,1-4H3,(H,36,40)(H,37,43)(H,38,39)(H,41,42). The number of carboxylic acid groups (broad SMARTS) is 2. The van der Waals surface area contributed by atoms with Gasteiger partial charge < -0.3 is 30.6 Å². The summed E-state index contributed by atoms with van der Waals surface area (Å²) in [6.07, 6.45) is 0.0878. The summed E-state index contributed by atoms with van der Waals surface area (Å²) in [7, 11) is 0. The van der Waals surface area contributed by atoms with Crippen LogP contribution < -0.4 is 10.6 Å². The van der Waals surface area contributed by atoms with Crippen molar-refractivity contribution in [3.05, 3.63) is 71.9 Å². The largest absolute Gasteiger partial charge is 0.481 e. The highest BCUT2D eigenvalue weighted by atomic mass is 35.6. The number of carbonyl (C=O) groups is 4. The predicted molar refractivity (Wildman–Crippen MR) is 169 cm³/mol. The van der Waals surface area contributed by atoms with Crippen molar-refractivity contribution in [1.29, 1.82) is 0 Å². The van der Waals surface area contributed by atoms with Gasteiger partial charge in [0, 0.05) is 29.4 Å². The Morgan fingerprint density at radius 1 is 0.932 bits per heavy atom. The smallest absolute Gasteiger partial charge is 0.408 e. The molecule has 0 radical (unpaired) electrons. The molecule has 0 bridgehead atoms. The van der Waals surface area contributed by atoms with Gasteiger partial charge in [0.05, 0.1) is 6.42 Å². The van der Waals surface area contributed by atoms with Crippen molar-refractivity contribution in [3.63, 3.8) is 0 Å². The zero-order valence-corrected chi connectivity index (χ0v) is 27.0. The molecule has 3 unspecified atom stereocenters. The van der Waals surface area contributed by atoms with Crippen LogP contribution in [0.25, 0.3) is 10.9 Å². The number of aromatic nitrogens is 1. The number of hydrogen-bond donors (Lipinski definition) is 5. The lowest BCUT2D eigenvalue weighted by Gasteiger charge is -2.41. The molecule has 3 atom stereocenters. The van der Waals surface area contributed by atoms with Gasteiger partial charge in [-0.15, -0.1) is 0 Å². The first-order valence-corrected chi connectivity index (χ1v) is 15.0. The molecule has 0 aliphatic rings. The summed E-state index contributed by atoms with van der Waals surface area (Å²) in [6.45, 7) is 5.90. The topological polar surface area (TPSA) is 158 Å². The average molecular weight is 669 g/mol. The predicted octanol–water partition coefficient (Wildman–Crippen LogP) is 6.34. The number of alkyl halides is 3. The van der Waals surface area contributed by atoms with Crippen LogP contribution in [0.1, 0.15) is 64.0 Å². The molecule has 0 spiro atoms. The Balaban J connectivity index is 2.12. The van der Waals surface area contributed by atoms with Crippen molar-refractivity contribution in [2.24, 2.45) is 0 Å². The van der Waals surface area contributed by atoms with Gasteiger partial charge in [-0.25, -0.2) is 9.59 Å². The van der Waals surface area contributed by atoms with Gasteiger partial charge in [0.25, 0.3) is 0 Å². The van der Waals surface area contributed by atoms with Crippen LogP contribution in [-0.4, -0.2) is 59.6 Å². The zero-order chi connectivity index (χ0) is 32.9. The summed E-state index contributed by atoms with van der Waals surface area (Å²) < 4.78 is 3.41. The molecule has 44 heavy (non-hydrogen) atoms. The molecular formula is C31H36Cl3N3O7. The molecule has 5 N–H and O–H groups in total.